The van der Waals surface area contributed by atoms with Crippen LogP contribution in [0.4, 0.5) is 0 Å². The van der Waals surface area contributed by atoms with Crippen molar-refractivity contribution in [2.75, 3.05) is 18.1 Å². The number of aliphatic hydroxyl groups is 1. The fourth-order valence-corrected chi connectivity index (χ4v) is 3.46. The number of rotatable bonds is 3. The summed E-state index contributed by atoms with van der Waals surface area (Å²) in [5.41, 5.74) is -0.333. The smallest absolute Gasteiger partial charge is 0.251 e. The summed E-state index contributed by atoms with van der Waals surface area (Å²) in [6.07, 6.45) is 1.42. The highest BCUT2D eigenvalue weighted by atomic mass is 35.5. The summed E-state index contributed by atoms with van der Waals surface area (Å²) in [4.78, 5) is 12.0. The van der Waals surface area contributed by atoms with E-state index in [9.17, 15) is 9.90 Å². The molecule has 2 rings (SSSR count). The van der Waals surface area contributed by atoms with Crippen LogP contribution in [-0.4, -0.2) is 34.7 Å². The Hall–Kier alpha value is -0.420. The Bertz CT molecular complexity index is 476. The van der Waals surface area contributed by atoms with E-state index in [2.05, 4.69) is 5.32 Å². The molecule has 0 unspecified atom stereocenters. The van der Waals surface area contributed by atoms with Crippen molar-refractivity contribution < 1.29 is 9.90 Å². The minimum atomic E-state index is -0.781. The highest BCUT2D eigenvalue weighted by molar-refractivity contribution is 7.99. The average molecular weight is 320 g/mol. The van der Waals surface area contributed by atoms with E-state index in [0.29, 0.717) is 28.5 Å². The van der Waals surface area contributed by atoms with Gasteiger partial charge in [0.2, 0.25) is 0 Å². The second kappa shape index (κ2) is 6.35. The summed E-state index contributed by atoms with van der Waals surface area (Å²) >= 11 is 13.5. The minimum Gasteiger partial charge on any atom is -0.388 e. The molecule has 1 saturated heterocycles. The van der Waals surface area contributed by atoms with Gasteiger partial charge in [-0.25, -0.2) is 0 Å². The highest BCUT2D eigenvalue weighted by Gasteiger charge is 2.29. The van der Waals surface area contributed by atoms with Crippen molar-refractivity contribution in [1.82, 2.24) is 5.32 Å². The van der Waals surface area contributed by atoms with Gasteiger partial charge in [0.15, 0.2) is 0 Å². The molecule has 1 aliphatic heterocycles. The molecule has 0 saturated carbocycles. The van der Waals surface area contributed by atoms with Gasteiger partial charge in [0, 0.05) is 12.1 Å². The zero-order valence-electron chi connectivity index (χ0n) is 10.3. The molecule has 6 heteroatoms. The molecule has 0 aliphatic carbocycles. The first-order valence-corrected chi connectivity index (χ1v) is 7.95. The van der Waals surface area contributed by atoms with E-state index in [1.807, 2.05) is 11.8 Å². The van der Waals surface area contributed by atoms with Crippen LogP contribution in [0.1, 0.15) is 23.2 Å². The van der Waals surface area contributed by atoms with Crippen molar-refractivity contribution in [3.05, 3.63) is 33.8 Å². The normalized spacial score (nSPS) is 18.1. The van der Waals surface area contributed by atoms with Crippen LogP contribution in [0, 0.1) is 0 Å². The maximum atomic E-state index is 12.0. The number of hydrogen-bond acceptors (Lipinski definition) is 3. The Kier molecular flexibility index (Phi) is 5.01. The second-order valence-corrected chi connectivity index (χ2v) is 6.69. The molecule has 19 heavy (non-hydrogen) atoms. The summed E-state index contributed by atoms with van der Waals surface area (Å²) in [5.74, 6) is 1.61. The maximum absolute atomic E-state index is 12.0. The number of hydrogen-bond donors (Lipinski definition) is 2. The predicted molar refractivity (Wildman–Crippen MR) is 80.3 cm³/mol. The van der Waals surface area contributed by atoms with Crippen LogP contribution in [0.25, 0.3) is 0 Å². The molecule has 0 spiro atoms. The quantitative estimate of drug-likeness (QED) is 0.900. The first kappa shape index (κ1) is 15.0. The van der Waals surface area contributed by atoms with Crippen molar-refractivity contribution >= 4 is 40.9 Å². The van der Waals surface area contributed by atoms with E-state index < -0.39 is 5.60 Å². The van der Waals surface area contributed by atoms with Gasteiger partial charge in [0.05, 0.1) is 15.6 Å². The zero-order chi connectivity index (χ0) is 13.9. The van der Waals surface area contributed by atoms with Gasteiger partial charge < -0.3 is 10.4 Å². The lowest BCUT2D eigenvalue weighted by molar-refractivity contribution is 0.0311. The van der Waals surface area contributed by atoms with E-state index in [1.165, 1.54) is 6.07 Å². The number of amides is 1. The first-order valence-electron chi connectivity index (χ1n) is 6.04. The third kappa shape index (κ3) is 4.02. The molecular weight excluding hydrogens is 305 g/mol. The van der Waals surface area contributed by atoms with Gasteiger partial charge in [-0.3, -0.25) is 4.79 Å². The van der Waals surface area contributed by atoms with Gasteiger partial charge in [-0.15, -0.1) is 0 Å². The fourth-order valence-electron chi connectivity index (χ4n) is 1.91. The monoisotopic (exact) mass is 319 g/mol. The van der Waals surface area contributed by atoms with Gasteiger partial charge in [0.25, 0.3) is 5.91 Å². The summed E-state index contributed by atoms with van der Waals surface area (Å²) in [6.45, 7) is 0.270. The Labute approximate surface area is 126 Å². The SMILES string of the molecule is O=C(NCC1(O)CCSCC1)c1ccc(Cl)c(Cl)c1. The molecule has 1 aliphatic rings. The number of nitrogens with one attached hydrogen (secondary N) is 1. The van der Waals surface area contributed by atoms with Crippen molar-refractivity contribution in [3.63, 3.8) is 0 Å². The molecule has 3 nitrogen and oxygen atoms in total. The molecular formula is C13H15Cl2NO2S. The molecule has 1 fully saturated rings. The van der Waals surface area contributed by atoms with Crippen LogP contribution in [-0.2, 0) is 0 Å². The van der Waals surface area contributed by atoms with E-state index >= 15 is 0 Å². The standard InChI is InChI=1S/C13H15Cl2NO2S/c14-10-2-1-9(7-11(10)15)12(17)16-8-13(18)3-5-19-6-4-13/h1-2,7,18H,3-6,8H2,(H,16,17). The van der Waals surface area contributed by atoms with E-state index in [1.54, 1.807) is 12.1 Å². The van der Waals surface area contributed by atoms with Crippen molar-refractivity contribution in [1.29, 1.82) is 0 Å². The largest absolute Gasteiger partial charge is 0.388 e. The van der Waals surface area contributed by atoms with Gasteiger partial charge >= 0.3 is 0 Å². The summed E-state index contributed by atoms with van der Waals surface area (Å²) < 4.78 is 0. The molecule has 2 N–H and O–H groups in total. The Morgan fingerprint density at radius 2 is 2.00 bits per heavy atom. The van der Waals surface area contributed by atoms with E-state index in [0.717, 1.165) is 11.5 Å². The lowest BCUT2D eigenvalue weighted by atomic mass is 9.97. The summed E-state index contributed by atoms with van der Waals surface area (Å²) in [7, 11) is 0. The second-order valence-electron chi connectivity index (χ2n) is 4.65. The Morgan fingerprint density at radius 1 is 1.32 bits per heavy atom. The average Bonchev–Trinajstić information content (AvgIpc) is 2.40. The van der Waals surface area contributed by atoms with Crippen molar-refractivity contribution in [2.45, 2.75) is 18.4 Å². The molecule has 1 amide bonds. The highest BCUT2D eigenvalue weighted by Crippen LogP contribution is 2.26. The molecule has 1 heterocycles. The number of carbonyl (C=O) groups excluding carboxylic acids is 1. The van der Waals surface area contributed by atoms with Crippen LogP contribution >= 0.6 is 35.0 Å². The van der Waals surface area contributed by atoms with Crippen LogP contribution in [0.3, 0.4) is 0 Å². The third-order valence-corrected chi connectivity index (χ3v) is 4.91. The Morgan fingerprint density at radius 3 is 2.63 bits per heavy atom. The molecule has 104 valence electrons. The summed E-state index contributed by atoms with van der Waals surface area (Å²) in [6, 6.07) is 4.73. The van der Waals surface area contributed by atoms with Gasteiger partial charge in [-0.05, 0) is 42.5 Å². The van der Waals surface area contributed by atoms with Crippen molar-refractivity contribution in [2.24, 2.45) is 0 Å². The Balaban J connectivity index is 1.95. The van der Waals surface area contributed by atoms with E-state index in [-0.39, 0.29) is 12.5 Å². The molecule has 1 aromatic carbocycles. The lowest BCUT2D eigenvalue weighted by Crippen LogP contribution is -2.45. The van der Waals surface area contributed by atoms with Crippen LogP contribution in [0.5, 0.6) is 0 Å². The number of benzene rings is 1. The molecule has 0 radical (unpaired) electrons. The van der Waals surface area contributed by atoms with Gasteiger partial charge in [-0.2, -0.15) is 11.8 Å². The van der Waals surface area contributed by atoms with Gasteiger partial charge in [-0.1, -0.05) is 23.2 Å². The van der Waals surface area contributed by atoms with Crippen LogP contribution in [0.15, 0.2) is 18.2 Å². The molecule has 1 aromatic rings. The topological polar surface area (TPSA) is 49.3 Å². The van der Waals surface area contributed by atoms with Crippen LogP contribution in [0.2, 0.25) is 10.0 Å². The minimum absolute atomic E-state index is 0.245. The molecule has 0 bridgehead atoms. The predicted octanol–water partition coefficient (Wildman–Crippen LogP) is 2.98. The number of halogens is 2. The fraction of sp³-hybridized carbons (Fsp3) is 0.462. The maximum Gasteiger partial charge on any atom is 0.251 e. The zero-order valence-corrected chi connectivity index (χ0v) is 12.6. The first-order chi connectivity index (χ1) is 9.00. The van der Waals surface area contributed by atoms with Crippen molar-refractivity contribution in [3.8, 4) is 0 Å². The number of carbonyl (C=O) groups is 1. The molecule has 0 atom stereocenters. The molecule has 0 aromatic heterocycles. The van der Waals surface area contributed by atoms with Crippen LogP contribution < -0.4 is 5.32 Å². The summed E-state index contributed by atoms with van der Waals surface area (Å²) in [5, 5.41) is 13.8. The van der Waals surface area contributed by atoms with E-state index in [4.69, 9.17) is 23.2 Å². The third-order valence-electron chi connectivity index (χ3n) is 3.18. The van der Waals surface area contributed by atoms with Gasteiger partial charge in [0.1, 0.15) is 0 Å². The number of thioether (sulfide) groups is 1. The lowest BCUT2D eigenvalue weighted by Gasteiger charge is -2.31.